The van der Waals surface area contributed by atoms with E-state index in [2.05, 4.69) is 24.4 Å². The predicted molar refractivity (Wildman–Crippen MR) is 95.1 cm³/mol. The Morgan fingerprint density at radius 3 is 1.90 bits per heavy atom. The molecule has 1 fully saturated rings. The lowest BCUT2D eigenvalue weighted by atomic mass is 9.98. The summed E-state index contributed by atoms with van der Waals surface area (Å²) in [6, 6.07) is 5.35. The van der Waals surface area contributed by atoms with Gasteiger partial charge in [-0.1, -0.05) is 64.7 Å². The van der Waals surface area contributed by atoms with Crippen LogP contribution in [0.25, 0.3) is 0 Å². The zero-order valence-electron chi connectivity index (χ0n) is 13.8. The van der Waals surface area contributed by atoms with Crippen LogP contribution in [0, 0.1) is 0 Å². The van der Waals surface area contributed by atoms with Crippen LogP contribution in [0.3, 0.4) is 0 Å². The number of nitrogens with one attached hydrogen (secondary N) is 1. The molecule has 2 rings (SSSR count). The summed E-state index contributed by atoms with van der Waals surface area (Å²) in [5.74, 6) is 0. The number of aryl methyl sites for hydroxylation is 1. The minimum atomic E-state index is 0.747. The lowest BCUT2D eigenvalue weighted by Gasteiger charge is -2.19. The van der Waals surface area contributed by atoms with Gasteiger partial charge in [-0.05, 0) is 31.4 Å². The van der Waals surface area contributed by atoms with E-state index < -0.39 is 0 Å². The highest BCUT2D eigenvalue weighted by Gasteiger charge is 2.09. The van der Waals surface area contributed by atoms with Gasteiger partial charge in [0.2, 0.25) is 0 Å². The highest BCUT2D eigenvalue weighted by atomic mass is 32.1. The maximum Gasteiger partial charge on any atom is 0.0302 e. The van der Waals surface area contributed by atoms with Crippen molar-refractivity contribution in [3.05, 3.63) is 21.9 Å². The molecule has 0 amide bonds. The summed E-state index contributed by atoms with van der Waals surface area (Å²) in [5, 5.41) is 3.84. The molecule has 1 heterocycles. The van der Waals surface area contributed by atoms with Gasteiger partial charge in [0.25, 0.3) is 0 Å². The fourth-order valence-corrected chi connectivity index (χ4v) is 4.23. The van der Waals surface area contributed by atoms with Crippen LogP contribution in [0.4, 0.5) is 0 Å². The Morgan fingerprint density at radius 1 is 0.857 bits per heavy atom. The zero-order valence-corrected chi connectivity index (χ0v) is 14.6. The Hall–Kier alpha value is -0.340. The molecule has 1 saturated carbocycles. The van der Waals surface area contributed by atoms with Gasteiger partial charge in [0.05, 0.1) is 0 Å². The normalized spacial score (nSPS) is 19.9. The molecule has 0 bridgehead atoms. The van der Waals surface area contributed by atoms with E-state index in [0.717, 1.165) is 12.6 Å². The Labute approximate surface area is 135 Å². The van der Waals surface area contributed by atoms with E-state index in [4.69, 9.17) is 0 Å². The van der Waals surface area contributed by atoms with Crippen molar-refractivity contribution in [1.82, 2.24) is 5.32 Å². The quantitative estimate of drug-likeness (QED) is 0.711. The smallest absolute Gasteiger partial charge is 0.0302 e. The summed E-state index contributed by atoms with van der Waals surface area (Å²) in [4.78, 5) is 3.03. The van der Waals surface area contributed by atoms with Crippen LogP contribution in [0.5, 0.6) is 0 Å². The summed E-state index contributed by atoms with van der Waals surface area (Å²) in [6.07, 6.45) is 17.0. The Kier molecular flexibility index (Phi) is 8.43. The fraction of sp³-hybridized carbons (Fsp3) is 0.789. The van der Waals surface area contributed by atoms with Gasteiger partial charge in [-0.3, -0.25) is 0 Å². The molecule has 0 saturated heterocycles. The van der Waals surface area contributed by atoms with E-state index in [-0.39, 0.29) is 0 Å². The topological polar surface area (TPSA) is 12.0 Å². The van der Waals surface area contributed by atoms with Crippen LogP contribution >= 0.6 is 11.3 Å². The number of hydrogen-bond acceptors (Lipinski definition) is 2. The molecule has 1 nitrogen and oxygen atoms in total. The van der Waals surface area contributed by atoms with Crippen LogP contribution < -0.4 is 5.32 Å². The van der Waals surface area contributed by atoms with Gasteiger partial charge in [0, 0.05) is 22.3 Å². The lowest BCUT2D eigenvalue weighted by Crippen LogP contribution is -2.28. The first-order valence-electron chi connectivity index (χ1n) is 9.19. The van der Waals surface area contributed by atoms with E-state index in [1.54, 1.807) is 0 Å². The van der Waals surface area contributed by atoms with E-state index in [1.807, 2.05) is 11.3 Å². The lowest BCUT2D eigenvalue weighted by molar-refractivity contribution is 0.404. The average molecular weight is 308 g/mol. The third kappa shape index (κ3) is 6.97. The fourth-order valence-electron chi connectivity index (χ4n) is 3.32. The molecular formula is C19H33NS. The van der Waals surface area contributed by atoms with Crippen LogP contribution in [-0.2, 0) is 13.0 Å². The molecule has 1 aliphatic carbocycles. The second-order valence-electron chi connectivity index (χ2n) is 6.56. The molecule has 0 atom stereocenters. The Morgan fingerprint density at radius 2 is 1.38 bits per heavy atom. The summed E-state index contributed by atoms with van der Waals surface area (Å²) >= 11 is 1.98. The molecule has 0 radical (unpaired) electrons. The number of rotatable bonds is 4. The average Bonchev–Trinajstić information content (AvgIpc) is 2.95. The molecule has 1 N–H and O–H groups in total. The van der Waals surface area contributed by atoms with Gasteiger partial charge in [-0.2, -0.15) is 0 Å². The Balaban J connectivity index is 1.74. The first kappa shape index (κ1) is 17.0. The van der Waals surface area contributed by atoms with Crippen molar-refractivity contribution in [2.45, 2.75) is 96.6 Å². The highest BCUT2D eigenvalue weighted by molar-refractivity contribution is 7.11. The summed E-state index contributed by atoms with van der Waals surface area (Å²) in [6.45, 7) is 3.32. The van der Waals surface area contributed by atoms with Crippen molar-refractivity contribution in [2.75, 3.05) is 0 Å². The summed E-state index contributed by atoms with van der Waals surface area (Å²) in [5.41, 5.74) is 0. The van der Waals surface area contributed by atoms with Crippen LogP contribution in [0.15, 0.2) is 12.1 Å². The molecule has 1 aromatic heterocycles. The predicted octanol–water partition coefficient (Wildman–Crippen LogP) is 6.07. The van der Waals surface area contributed by atoms with Crippen LogP contribution in [0.1, 0.15) is 87.3 Å². The standard InChI is InChI=1S/C19H33NS/c1-2-18-14-15-19(21-18)16-20-17-12-10-8-6-4-3-5-7-9-11-13-17/h14-15,17,20H,2-13,16H2,1H3. The summed E-state index contributed by atoms with van der Waals surface area (Å²) in [7, 11) is 0. The molecule has 1 aromatic rings. The van der Waals surface area contributed by atoms with Crippen molar-refractivity contribution in [3.63, 3.8) is 0 Å². The molecule has 21 heavy (non-hydrogen) atoms. The minimum Gasteiger partial charge on any atom is -0.309 e. The molecule has 1 aliphatic rings. The molecule has 0 aliphatic heterocycles. The largest absolute Gasteiger partial charge is 0.309 e. The van der Waals surface area contributed by atoms with E-state index >= 15 is 0 Å². The number of thiophene rings is 1. The molecular weight excluding hydrogens is 274 g/mol. The second-order valence-corrected chi connectivity index (χ2v) is 7.81. The molecule has 0 unspecified atom stereocenters. The maximum absolute atomic E-state index is 3.84. The monoisotopic (exact) mass is 307 g/mol. The van der Waals surface area contributed by atoms with Gasteiger partial charge in [0.1, 0.15) is 0 Å². The molecule has 0 aromatic carbocycles. The van der Waals surface area contributed by atoms with Gasteiger partial charge in [0.15, 0.2) is 0 Å². The Bertz CT molecular complexity index is 359. The van der Waals surface area contributed by atoms with Crippen molar-refractivity contribution >= 4 is 11.3 Å². The SMILES string of the molecule is CCc1ccc(CNC2CCCCCCCCCCC2)s1. The second kappa shape index (κ2) is 10.4. The van der Waals surface area contributed by atoms with Gasteiger partial charge in [-0.15, -0.1) is 11.3 Å². The third-order valence-electron chi connectivity index (χ3n) is 4.74. The highest BCUT2D eigenvalue weighted by Crippen LogP contribution is 2.19. The molecule has 2 heteroatoms. The molecule has 120 valence electrons. The van der Waals surface area contributed by atoms with Crippen molar-refractivity contribution < 1.29 is 0 Å². The minimum absolute atomic E-state index is 0.747. The van der Waals surface area contributed by atoms with Gasteiger partial charge < -0.3 is 5.32 Å². The van der Waals surface area contributed by atoms with E-state index in [0.29, 0.717) is 0 Å². The number of hydrogen-bond donors (Lipinski definition) is 1. The van der Waals surface area contributed by atoms with Crippen LogP contribution in [0.2, 0.25) is 0 Å². The van der Waals surface area contributed by atoms with Gasteiger partial charge in [-0.25, -0.2) is 0 Å². The first-order chi connectivity index (χ1) is 10.4. The summed E-state index contributed by atoms with van der Waals surface area (Å²) < 4.78 is 0. The van der Waals surface area contributed by atoms with E-state index in [1.165, 1.54) is 86.8 Å². The van der Waals surface area contributed by atoms with Crippen molar-refractivity contribution in [2.24, 2.45) is 0 Å². The first-order valence-corrected chi connectivity index (χ1v) is 10.0. The van der Waals surface area contributed by atoms with Crippen LogP contribution in [-0.4, -0.2) is 6.04 Å². The molecule has 0 spiro atoms. The van der Waals surface area contributed by atoms with Crippen molar-refractivity contribution in [1.29, 1.82) is 0 Å². The third-order valence-corrected chi connectivity index (χ3v) is 5.97. The van der Waals surface area contributed by atoms with E-state index in [9.17, 15) is 0 Å². The zero-order chi connectivity index (χ0) is 14.8. The van der Waals surface area contributed by atoms with Gasteiger partial charge >= 0.3 is 0 Å². The van der Waals surface area contributed by atoms with Crippen molar-refractivity contribution in [3.8, 4) is 0 Å². The maximum atomic E-state index is 3.84.